The molecule has 4 amide bonds. The van der Waals surface area contributed by atoms with Gasteiger partial charge in [-0.3, -0.25) is 14.5 Å². The number of rotatable bonds is 5. The first-order chi connectivity index (χ1) is 13.9. The van der Waals surface area contributed by atoms with Gasteiger partial charge in [-0.25, -0.2) is 13.6 Å². The van der Waals surface area contributed by atoms with Crippen molar-refractivity contribution in [3.63, 3.8) is 0 Å². The van der Waals surface area contributed by atoms with E-state index in [0.717, 1.165) is 23.5 Å². The van der Waals surface area contributed by atoms with E-state index in [9.17, 15) is 28.3 Å². The monoisotopic (exact) mass is 423 g/mol. The Labute approximate surface area is 173 Å². The van der Waals surface area contributed by atoms with Crippen LogP contribution < -0.4 is 10.6 Å². The second-order valence-electron chi connectivity index (χ2n) is 9.25. The maximum atomic E-state index is 13.3. The van der Waals surface area contributed by atoms with Crippen LogP contribution in [0.15, 0.2) is 18.2 Å². The van der Waals surface area contributed by atoms with Crippen LogP contribution in [0.2, 0.25) is 0 Å². The molecule has 0 radical (unpaired) electrons. The van der Waals surface area contributed by atoms with E-state index < -0.39 is 47.7 Å². The zero-order chi connectivity index (χ0) is 22.3. The third kappa shape index (κ3) is 4.45. The lowest BCUT2D eigenvalue weighted by Crippen LogP contribution is -2.54. The minimum absolute atomic E-state index is 0.0987. The molecule has 0 aromatic heterocycles. The molecule has 1 aromatic rings. The van der Waals surface area contributed by atoms with Crippen LogP contribution in [0.1, 0.15) is 51.7 Å². The molecule has 1 aliphatic carbocycles. The fourth-order valence-electron chi connectivity index (χ4n) is 4.90. The molecule has 3 atom stereocenters. The molecule has 1 heterocycles. The summed E-state index contributed by atoms with van der Waals surface area (Å²) in [6.07, 6.45) is 0.703. The number of benzene rings is 1. The molecule has 3 unspecified atom stereocenters. The standard InChI is InChI=1S/C21H27F2N3O4/c1-12-7-20(2,3)11-21(8-12)18(29)26(19(30)25-21)10-17(28)24-9-16(27)13-4-5-14(22)15(23)6-13/h4-6,12,16,27H,7-11H2,1-3H3,(H,24,28)(H,25,30). The third-order valence-corrected chi connectivity index (χ3v) is 5.75. The molecule has 1 aliphatic heterocycles. The Bertz CT molecular complexity index is 876. The van der Waals surface area contributed by atoms with Gasteiger partial charge in [-0.15, -0.1) is 0 Å². The molecule has 9 heteroatoms. The minimum atomic E-state index is -1.27. The van der Waals surface area contributed by atoms with Crippen LogP contribution in [0.3, 0.4) is 0 Å². The first kappa shape index (κ1) is 22.1. The number of nitrogens with zero attached hydrogens (tertiary/aromatic N) is 1. The molecule has 3 N–H and O–H groups in total. The number of amides is 4. The molecule has 0 bridgehead atoms. The molecule has 1 saturated carbocycles. The number of aliphatic hydroxyl groups is 1. The topological polar surface area (TPSA) is 98.7 Å². The van der Waals surface area contributed by atoms with Crippen molar-refractivity contribution in [2.45, 2.75) is 51.7 Å². The van der Waals surface area contributed by atoms with Gasteiger partial charge in [0.1, 0.15) is 12.1 Å². The number of nitrogens with one attached hydrogen (secondary N) is 2. The minimum Gasteiger partial charge on any atom is -0.387 e. The van der Waals surface area contributed by atoms with Crippen molar-refractivity contribution in [1.29, 1.82) is 0 Å². The number of hydrogen-bond acceptors (Lipinski definition) is 4. The lowest BCUT2D eigenvalue weighted by atomic mass is 9.64. The van der Waals surface area contributed by atoms with Gasteiger partial charge in [0.05, 0.1) is 6.10 Å². The van der Waals surface area contributed by atoms with Crippen molar-refractivity contribution in [2.24, 2.45) is 11.3 Å². The van der Waals surface area contributed by atoms with Gasteiger partial charge in [-0.05, 0) is 48.3 Å². The molecule has 2 fully saturated rings. The number of halogens is 2. The lowest BCUT2D eigenvalue weighted by molar-refractivity contribution is -0.137. The van der Waals surface area contributed by atoms with Crippen molar-refractivity contribution in [2.75, 3.05) is 13.1 Å². The Morgan fingerprint density at radius 2 is 2.00 bits per heavy atom. The van der Waals surface area contributed by atoms with Crippen LogP contribution in [0.25, 0.3) is 0 Å². The van der Waals surface area contributed by atoms with E-state index in [1.807, 2.05) is 6.92 Å². The van der Waals surface area contributed by atoms with Crippen molar-refractivity contribution in [3.05, 3.63) is 35.4 Å². The number of carbonyl (C=O) groups excluding carboxylic acids is 3. The summed E-state index contributed by atoms with van der Waals surface area (Å²) in [5.74, 6) is -2.95. The predicted molar refractivity (Wildman–Crippen MR) is 104 cm³/mol. The fraction of sp³-hybridized carbons (Fsp3) is 0.571. The SMILES string of the molecule is CC1CC(C)(C)CC2(C1)NC(=O)N(CC(=O)NCC(O)c1ccc(F)c(F)c1)C2=O. The fourth-order valence-corrected chi connectivity index (χ4v) is 4.90. The normalized spacial score (nSPS) is 26.6. The summed E-state index contributed by atoms with van der Waals surface area (Å²) >= 11 is 0. The van der Waals surface area contributed by atoms with Gasteiger partial charge in [0.25, 0.3) is 5.91 Å². The van der Waals surface area contributed by atoms with E-state index >= 15 is 0 Å². The van der Waals surface area contributed by atoms with Crippen molar-refractivity contribution < 1.29 is 28.3 Å². The molecule has 30 heavy (non-hydrogen) atoms. The average molecular weight is 423 g/mol. The van der Waals surface area contributed by atoms with Crippen molar-refractivity contribution in [1.82, 2.24) is 15.5 Å². The third-order valence-electron chi connectivity index (χ3n) is 5.75. The number of hydrogen-bond donors (Lipinski definition) is 3. The van der Waals surface area contributed by atoms with E-state index in [4.69, 9.17) is 0 Å². The first-order valence-corrected chi connectivity index (χ1v) is 9.96. The van der Waals surface area contributed by atoms with E-state index in [-0.39, 0.29) is 23.4 Å². The Hall–Kier alpha value is -2.55. The number of urea groups is 1. The van der Waals surface area contributed by atoms with Gasteiger partial charge in [-0.1, -0.05) is 26.8 Å². The molecular weight excluding hydrogens is 396 g/mol. The second-order valence-corrected chi connectivity index (χ2v) is 9.25. The van der Waals surface area contributed by atoms with Crippen molar-refractivity contribution >= 4 is 17.8 Å². The van der Waals surface area contributed by atoms with Gasteiger partial charge in [0.2, 0.25) is 5.91 Å². The summed E-state index contributed by atoms with van der Waals surface area (Å²) in [4.78, 5) is 38.6. The van der Waals surface area contributed by atoms with Crippen LogP contribution >= 0.6 is 0 Å². The largest absolute Gasteiger partial charge is 0.387 e. The number of carbonyl (C=O) groups is 3. The molecular formula is C21H27F2N3O4. The van der Waals surface area contributed by atoms with Gasteiger partial charge in [-0.2, -0.15) is 0 Å². The van der Waals surface area contributed by atoms with Crippen LogP contribution in [0, 0.1) is 23.0 Å². The molecule has 1 saturated heterocycles. The maximum Gasteiger partial charge on any atom is 0.325 e. The van der Waals surface area contributed by atoms with Crippen LogP contribution in [0.4, 0.5) is 13.6 Å². The maximum absolute atomic E-state index is 13.3. The Morgan fingerprint density at radius 1 is 1.30 bits per heavy atom. The molecule has 164 valence electrons. The highest BCUT2D eigenvalue weighted by Gasteiger charge is 2.56. The molecule has 3 rings (SSSR count). The lowest BCUT2D eigenvalue weighted by Gasteiger charge is -2.43. The van der Waals surface area contributed by atoms with Crippen molar-refractivity contribution in [3.8, 4) is 0 Å². The van der Waals surface area contributed by atoms with Gasteiger partial charge in [0.15, 0.2) is 11.6 Å². The first-order valence-electron chi connectivity index (χ1n) is 9.96. The zero-order valence-corrected chi connectivity index (χ0v) is 17.3. The van der Waals surface area contributed by atoms with Gasteiger partial charge >= 0.3 is 6.03 Å². The highest BCUT2D eigenvalue weighted by molar-refractivity contribution is 6.09. The Kier molecular flexibility index (Phi) is 5.86. The van der Waals surface area contributed by atoms with Crippen LogP contribution in [0.5, 0.6) is 0 Å². The van der Waals surface area contributed by atoms with Crippen LogP contribution in [-0.4, -0.2) is 46.5 Å². The molecule has 7 nitrogen and oxygen atoms in total. The average Bonchev–Trinajstić information content (AvgIpc) is 2.83. The molecule has 1 aromatic carbocycles. The summed E-state index contributed by atoms with van der Waals surface area (Å²) in [6.45, 7) is 5.39. The number of aliphatic hydroxyl groups excluding tert-OH is 1. The van der Waals surface area contributed by atoms with E-state index in [1.54, 1.807) is 0 Å². The molecule has 2 aliphatic rings. The summed E-state index contributed by atoms with van der Waals surface area (Å²) in [5.41, 5.74) is -1.02. The zero-order valence-electron chi connectivity index (χ0n) is 17.3. The summed E-state index contributed by atoms with van der Waals surface area (Å²) < 4.78 is 26.3. The Balaban J connectivity index is 1.60. The van der Waals surface area contributed by atoms with E-state index in [1.165, 1.54) is 6.07 Å². The summed E-state index contributed by atoms with van der Waals surface area (Å²) in [6, 6.07) is 2.33. The molecule has 1 spiro atoms. The predicted octanol–water partition coefficient (Wildman–Crippen LogP) is 2.25. The summed E-state index contributed by atoms with van der Waals surface area (Å²) in [5, 5.41) is 15.3. The quantitative estimate of drug-likeness (QED) is 0.633. The second kappa shape index (κ2) is 7.94. The number of imide groups is 1. The van der Waals surface area contributed by atoms with E-state index in [0.29, 0.717) is 12.8 Å². The highest BCUT2D eigenvalue weighted by Crippen LogP contribution is 2.46. The van der Waals surface area contributed by atoms with Gasteiger partial charge < -0.3 is 15.7 Å². The van der Waals surface area contributed by atoms with Gasteiger partial charge in [0, 0.05) is 6.54 Å². The van der Waals surface area contributed by atoms with Crippen LogP contribution in [-0.2, 0) is 9.59 Å². The van der Waals surface area contributed by atoms with E-state index in [2.05, 4.69) is 24.5 Å². The summed E-state index contributed by atoms with van der Waals surface area (Å²) in [7, 11) is 0. The highest BCUT2D eigenvalue weighted by atomic mass is 19.2. The Morgan fingerprint density at radius 3 is 2.63 bits per heavy atom. The smallest absolute Gasteiger partial charge is 0.325 e.